The molecule has 0 saturated heterocycles. The van der Waals surface area contributed by atoms with Crippen LogP contribution in [0.2, 0.25) is 0 Å². The zero-order chi connectivity index (χ0) is 17.5. The van der Waals surface area contributed by atoms with E-state index in [9.17, 15) is 27.6 Å². The van der Waals surface area contributed by atoms with Gasteiger partial charge in [0.05, 0.1) is 11.1 Å². The standard InChI is InChI=1S/C15H17F3N2O3/c1-10(21)6-7-13(22)19-8-9-20-14(23)11-4-2-3-5-12(11)15(16,17)18/h2-5H,6-9H2,1H3,(H,19,22)(H,20,23). The van der Waals surface area contributed by atoms with E-state index in [0.717, 1.165) is 12.1 Å². The molecule has 0 aliphatic rings. The van der Waals surface area contributed by atoms with Crippen molar-refractivity contribution >= 4 is 17.6 Å². The Labute approximate surface area is 131 Å². The van der Waals surface area contributed by atoms with Crippen molar-refractivity contribution in [3.8, 4) is 0 Å². The minimum absolute atomic E-state index is 0.0170. The molecular formula is C15H17F3N2O3. The van der Waals surface area contributed by atoms with Crippen molar-refractivity contribution in [1.82, 2.24) is 10.6 Å². The first-order valence-electron chi connectivity index (χ1n) is 6.92. The van der Waals surface area contributed by atoms with Gasteiger partial charge in [0, 0.05) is 25.9 Å². The lowest BCUT2D eigenvalue weighted by Crippen LogP contribution is -2.35. The van der Waals surface area contributed by atoms with Gasteiger partial charge in [-0.1, -0.05) is 12.1 Å². The van der Waals surface area contributed by atoms with Gasteiger partial charge in [-0.2, -0.15) is 13.2 Å². The Kier molecular flexibility index (Phi) is 6.74. The van der Waals surface area contributed by atoms with E-state index >= 15 is 0 Å². The van der Waals surface area contributed by atoms with Gasteiger partial charge in [0.2, 0.25) is 5.91 Å². The van der Waals surface area contributed by atoms with Gasteiger partial charge < -0.3 is 15.4 Å². The Bertz CT molecular complexity index is 586. The summed E-state index contributed by atoms with van der Waals surface area (Å²) in [5.74, 6) is -1.33. The van der Waals surface area contributed by atoms with Crippen molar-refractivity contribution in [2.45, 2.75) is 25.9 Å². The number of carbonyl (C=O) groups is 3. The number of alkyl halides is 3. The molecule has 1 rings (SSSR count). The minimum atomic E-state index is -4.62. The lowest BCUT2D eigenvalue weighted by molar-refractivity contribution is -0.138. The number of amides is 2. The highest BCUT2D eigenvalue weighted by Gasteiger charge is 2.34. The lowest BCUT2D eigenvalue weighted by atomic mass is 10.1. The van der Waals surface area contributed by atoms with Crippen LogP contribution in [0.3, 0.4) is 0 Å². The first-order valence-corrected chi connectivity index (χ1v) is 6.92. The highest BCUT2D eigenvalue weighted by molar-refractivity contribution is 5.95. The molecule has 0 aromatic heterocycles. The Morgan fingerprint density at radius 1 is 1.00 bits per heavy atom. The summed E-state index contributed by atoms with van der Waals surface area (Å²) >= 11 is 0. The summed E-state index contributed by atoms with van der Waals surface area (Å²) in [6, 6.07) is 4.46. The van der Waals surface area contributed by atoms with E-state index in [1.165, 1.54) is 19.1 Å². The Balaban J connectivity index is 2.47. The second kappa shape index (κ2) is 8.30. The predicted octanol–water partition coefficient (Wildman–Crippen LogP) is 1.92. The summed E-state index contributed by atoms with van der Waals surface area (Å²) in [6.07, 6.45) is -4.45. The zero-order valence-corrected chi connectivity index (χ0v) is 12.5. The Hall–Kier alpha value is -2.38. The highest BCUT2D eigenvalue weighted by atomic mass is 19.4. The number of benzene rings is 1. The van der Waals surface area contributed by atoms with Crippen LogP contribution in [0.4, 0.5) is 13.2 Å². The molecule has 23 heavy (non-hydrogen) atoms. The second-order valence-electron chi connectivity index (χ2n) is 4.85. The molecule has 1 aromatic rings. The van der Waals surface area contributed by atoms with E-state index in [0.29, 0.717) is 0 Å². The van der Waals surface area contributed by atoms with Crippen molar-refractivity contribution in [3.63, 3.8) is 0 Å². The molecular weight excluding hydrogens is 313 g/mol. The third-order valence-corrected chi connectivity index (χ3v) is 2.91. The molecule has 8 heteroatoms. The summed E-state index contributed by atoms with van der Waals surface area (Å²) in [6.45, 7) is 1.42. The monoisotopic (exact) mass is 330 g/mol. The molecule has 0 aliphatic heterocycles. The number of hydrogen-bond acceptors (Lipinski definition) is 3. The molecule has 0 radical (unpaired) electrons. The van der Waals surface area contributed by atoms with Gasteiger partial charge in [-0.15, -0.1) is 0 Å². The normalized spacial score (nSPS) is 11.0. The summed E-state index contributed by atoms with van der Waals surface area (Å²) in [5.41, 5.74) is -1.48. The van der Waals surface area contributed by atoms with E-state index in [2.05, 4.69) is 10.6 Å². The van der Waals surface area contributed by atoms with Crippen molar-refractivity contribution in [2.24, 2.45) is 0 Å². The van der Waals surface area contributed by atoms with Gasteiger partial charge in [0.1, 0.15) is 5.78 Å². The van der Waals surface area contributed by atoms with E-state index < -0.39 is 23.2 Å². The maximum absolute atomic E-state index is 12.8. The molecule has 1 aromatic carbocycles. The van der Waals surface area contributed by atoms with Crippen LogP contribution in [0, 0.1) is 0 Å². The van der Waals surface area contributed by atoms with Gasteiger partial charge in [-0.05, 0) is 19.1 Å². The molecule has 126 valence electrons. The summed E-state index contributed by atoms with van der Waals surface area (Å²) in [4.78, 5) is 33.8. The maximum atomic E-state index is 12.8. The van der Waals surface area contributed by atoms with Crippen LogP contribution in [-0.2, 0) is 15.8 Å². The van der Waals surface area contributed by atoms with Crippen molar-refractivity contribution in [3.05, 3.63) is 35.4 Å². The zero-order valence-electron chi connectivity index (χ0n) is 12.5. The van der Waals surface area contributed by atoms with Gasteiger partial charge in [-0.3, -0.25) is 9.59 Å². The Morgan fingerprint density at radius 3 is 2.22 bits per heavy atom. The third kappa shape index (κ3) is 6.50. The van der Waals surface area contributed by atoms with Gasteiger partial charge >= 0.3 is 6.18 Å². The molecule has 0 aliphatic carbocycles. The summed E-state index contributed by atoms with van der Waals surface area (Å²) in [5, 5.41) is 4.77. The largest absolute Gasteiger partial charge is 0.417 e. The molecule has 0 bridgehead atoms. The van der Waals surface area contributed by atoms with Crippen molar-refractivity contribution < 1.29 is 27.6 Å². The second-order valence-corrected chi connectivity index (χ2v) is 4.85. The van der Waals surface area contributed by atoms with Crippen molar-refractivity contribution in [1.29, 1.82) is 0 Å². The molecule has 2 amide bonds. The smallest absolute Gasteiger partial charge is 0.354 e. The molecule has 0 atom stereocenters. The number of carbonyl (C=O) groups excluding carboxylic acids is 3. The number of nitrogens with one attached hydrogen (secondary N) is 2. The molecule has 5 nitrogen and oxygen atoms in total. The lowest BCUT2D eigenvalue weighted by Gasteiger charge is -2.12. The number of rotatable bonds is 7. The fourth-order valence-electron chi connectivity index (χ4n) is 1.78. The average molecular weight is 330 g/mol. The summed E-state index contributed by atoms with van der Waals surface area (Å²) in [7, 11) is 0. The van der Waals surface area contributed by atoms with Gasteiger partial charge in [0.25, 0.3) is 5.91 Å². The fraction of sp³-hybridized carbons (Fsp3) is 0.400. The van der Waals surface area contributed by atoms with E-state index in [1.54, 1.807) is 0 Å². The van der Waals surface area contributed by atoms with Crippen LogP contribution in [0.5, 0.6) is 0 Å². The molecule has 2 N–H and O–H groups in total. The SMILES string of the molecule is CC(=O)CCC(=O)NCCNC(=O)c1ccccc1C(F)(F)F. The van der Waals surface area contributed by atoms with Crippen LogP contribution in [-0.4, -0.2) is 30.7 Å². The molecule has 0 spiro atoms. The van der Waals surface area contributed by atoms with Crippen LogP contribution in [0.1, 0.15) is 35.7 Å². The van der Waals surface area contributed by atoms with Crippen LogP contribution in [0.15, 0.2) is 24.3 Å². The topological polar surface area (TPSA) is 75.3 Å². The van der Waals surface area contributed by atoms with Crippen LogP contribution in [0.25, 0.3) is 0 Å². The van der Waals surface area contributed by atoms with Gasteiger partial charge in [-0.25, -0.2) is 0 Å². The third-order valence-electron chi connectivity index (χ3n) is 2.91. The molecule has 0 unspecified atom stereocenters. The van der Waals surface area contributed by atoms with E-state index in [1.807, 2.05) is 0 Å². The van der Waals surface area contributed by atoms with Crippen LogP contribution < -0.4 is 10.6 Å². The number of ketones is 1. The van der Waals surface area contributed by atoms with E-state index in [-0.39, 0.29) is 37.6 Å². The highest BCUT2D eigenvalue weighted by Crippen LogP contribution is 2.31. The number of hydrogen-bond donors (Lipinski definition) is 2. The number of Topliss-reactive ketones (excluding diaryl/α,β-unsaturated/α-hetero) is 1. The maximum Gasteiger partial charge on any atom is 0.417 e. The first kappa shape index (κ1) is 18.7. The summed E-state index contributed by atoms with van der Waals surface area (Å²) < 4.78 is 38.4. The molecule has 0 saturated carbocycles. The average Bonchev–Trinajstić information content (AvgIpc) is 2.48. The van der Waals surface area contributed by atoms with Crippen LogP contribution >= 0.6 is 0 Å². The fourth-order valence-corrected chi connectivity index (χ4v) is 1.78. The van der Waals surface area contributed by atoms with E-state index in [4.69, 9.17) is 0 Å². The van der Waals surface area contributed by atoms with Gasteiger partial charge in [0.15, 0.2) is 0 Å². The molecule has 0 heterocycles. The van der Waals surface area contributed by atoms with Crippen molar-refractivity contribution in [2.75, 3.05) is 13.1 Å². The quantitative estimate of drug-likeness (QED) is 0.750. The molecule has 0 fully saturated rings. The predicted molar refractivity (Wildman–Crippen MR) is 76.7 cm³/mol. The number of halogens is 3. The Morgan fingerprint density at radius 2 is 1.61 bits per heavy atom. The first-order chi connectivity index (χ1) is 10.7. The minimum Gasteiger partial charge on any atom is -0.354 e.